The molecule has 3 N–H and O–H groups in total. The fourth-order valence-corrected chi connectivity index (χ4v) is 4.50. The number of benzene rings is 1. The predicted molar refractivity (Wildman–Crippen MR) is 114 cm³/mol. The second-order valence-electron chi connectivity index (χ2n) is 7.77. The van der Waals surface area contributed by atoms with Crippen LogP contribution in [-0.2, 0) is 9.53 Å². The van der Waals surface area contributed by atoms with Gasteiger partial charge in [-0.3, -0.25) is 4.79 Å². The van der Waals surface area contributed by atoms with E-state index in [2.05, 4.69) is 15.2 Å². The lowest BCUT2D eigenvalue weighted by atomic mass is 9.76. The first-order chi connectivity index (χ1) is 14.7. The van der Waals surface area contributed by atoms with E-state index in [0.717, 1.165) is 54.1 Å². The number of hydrogen-bond acceptors (Lipinski definition) is 8. The van der Waals surface area contributed by atoms with Crippen molar-refractivity contribution in [3.63, 3.8) is 0 Å². The predicted octanol–water partition coefficient (Wildman–Crippen LogP) is 2.47. The number of methoxy groups -OCH3 is 1. The zero-order valence-corrected chi connectivity index (χ0v) is 17.0. The summed E-state index contributed by atoms with van der Waals surface area (Å²) in [6.07, 6.45) is 2.21. The van der Waals surface area contributed by atoms with E-state index in [9.17, 15) is 4.79 Å². The van der Waals surface area contributed by atoms with E-state index < -0.39 is 0 Å². The molecule has 1 aliphatic carbocycles. The number of carbonyl (C=O) groups is 1. The van der Waals surface area contributed by atoms with Gasteiger partial charge in [-0.05, 0) is 30.5 Å². The second kappa shape index (κ2) is 7.60. The van der Waals surface area contributed by atoms with Crippen molar-refractivity contribution < 1.29 is 14.3 Å². The highest BCUT2D eigenvalue weighted by Gasteiger charge is 2.38. The Kier molecular flexibility index (Phi) is 4.78. The van der Waals surface area contributed by atoms with Crippen molar-refractivity contribution >= 4 is 23.4 Å². The first-order valence-electron chi connectivity index (χ1n) is 10.3. The van der Waals surface area contributed by atoms with Gasteiger partial charge in [0.1, 0.15) is 17.4 Å². The zero-order chi connectivity index (χ0) is 20.7. The summed E-state index contributed by atoms with van der Waals surface area (Å²) < 4.78 is 10.7. The normalized spacial score (nSPS) is 21.0. The van der Waals surface area contributed by atoms with E-state index in [0.29, 0.717) is 37.2 Å². The number of fused-ring (bicyclic) bond motifs is 1. The monoisotopic (exact) mass is 407 g/mol. The lowest BCUT2D eigenvalue weighted by Crippen LogP contribution is -2.38. The third-order valence-electron chi connectivity index (χ3n) is 6.01. The summed E-state index contributed by atoms with van der Waals surface area (Å²) in [4.78, 5) is 24.5. The molecule has 1 aromatic heterocycles. The fourth-order valence-electron chi connectivity index (χ4n) is 4.50. The summed E-state index contributed by atoms with van der Waals surface area (Å²) in [7, 11) is 1.64. The molecule has 1 atom stereocenters. The maximum Gasteiger partial charge on any atom is 0.229 e. The number of aromatic nitrogens is 2. The topological polar surface area (TPSA) is 103 Å². The van der Waals surface area contributed by atoms with Crippen LogP contribution < -0.4 is 20.7 Å². The Morgan fingerprint density at radius 3 is 2.67 bits per heavy atom. The number of hydrogen-bond donors (Lipinski definition) is 2. The van der Waals surface area contributed by atoms with Crippen molar-refractivity contribution in [3.05, 3.63) is 46.7 Å². The summed E-state index contributed by atoms with van der Waals surface area (Å²) >= 11 is 0. The van der Waals surface area contributed by atoms with Crippen LogP contribution in [0.5, 0.6) is 5.75 Å². The average Bonchev–Trinajstić information content (AvgIpc) is 2.78. The Labute approximate surface area is 175 Å². The van der Waals surface area contributed by atoms with Gasteiger partial charge in [-0.2, -0.15) is 9.97 Å². The summed E-state index contributed by atoms with van der Waals surface area (Å²) in [6, 6.07) is 7.79. The highest BCUT2D eigenvalue weighted by Crippen LogP contribution is 2.47. The van der Waals surface area contributed by atoms with Gasteiger partial charge in [0.05, 0.1) is 20.3 Å². The molecule has 8 heteroatoms. The number of morpholine rings is 1. The molecular formula is C22H25N5O3. The standard InChI is InChI=1S/C22H25N5O3/c1-29-14-7-5-13(6-8-14)17-18-15(3-2-4-16(18)28)24-21-19(17)20(23)25-22(26-21)27-9-11-30-12-10-27/h5-8,17H,2-4,9-12H2,1H3,(H3,23,24,25,26)/t17-/m0/s1. The van der Waals surface area contributed by atoms with Crippen LogP contribution in [0.25, 0.3) is 0 Å². The van der Waals surface area contributed by atoms with Crippen LogP contribution >= 0.6 is 0 Å². The Bertz CT molecular complexity index is 1010. The smallest absolute Gasteiger partial charge is 0.229 e. The molecule has 1 fully saturated rings. The molecule has 2 aliphatic heterocycles. The molecule has 1 saturated heterocycles. The summed E-state index contributed by atoms with van der Waals surface area (Å²) in [6.45, 7) is 2.75. The SMILES string of the molecule is COc1ccc([C@H]2C3=C(CCCC3=O)Nc3nc(N4CCOCC4)nc(N)c32)cc1. The van der Waals surface area contributed by atoms with Crippen molar-refractivity contribution in [2.24, 2.45) is 0 Å². The number of nitrogens with two attached hydrogens (primary N) is 1. The number of nitrogen functional groups attached to an aromatic ring is 1. The summed E-state index contributed by atoms with van der Waals surface area (Å²) in [5.74, 6) is 2.34. The zero-order valence-electron chi connectivity index (χ0n) is 17.0. The number of carbonyl (C=O) groups excluding carboxylic acids is 1. The minimum atomic E-state index is -0.284. The van der Waals surface area contributed by atoms with Crippen LogP contribution in [0, 0.1) is 0 Å². The molecular weight excluding hydrogens is 382 g/mol. The Balaban J connectivity index is 1.64. The maximum absolute atomic E-state index is 12.9. The highest BCUT2D eigenvalue weighted by molar-refractivity contribution is 6.01. The number of rotatable bonds is 3. The van der Waals surface area contributed by atoms with Crippen molar-refractivity contribution in [3.8, 4) is 5.75 Å². The Hall–Kier alpha value is -3.13. The molecule has 156 valence electrons. The van der Waals surface area contributed by atoms with Crippen molar-refractivity contribution in [2.75, 3.05) is 49.4 Å². The van der Waals surface area contributed by atoms with Crippen LogP contribution in [-0.4, -0.2) is 49.2 Å². The third kappa shape index (κ3) is 3.17. The molecule has 0 radical (unpaired) electrons. The van der Waals surface area contributed by atoms with Crippen molar-refractivity contribution in [2.45, 2.75) is 25.2 Å². The number of Topliss-reactive ketones (excluding diaryl/α,β-unsaturated/α-hetero) is 1. The molecule has 0 unspecified atom stereocenters. The Morgan fingerprint density at radius 1 is 1.17 bits per heavy atom. The number of ether oxygens (including phenoxy) is 2. The Morgan fingerprint density at radius 2 is 1.93 bits per heavy atom. The molecule has 30 heavy (non-hydrogen) atoms. The highest BCUT2D eigenvalue weighted by atomic mass is 16.5. The van der Waals surface area contributed by atoms with Crippen LogP contribution in [0.15, 0.2) is 35.5 Å². The van der Waals surface area contributed by atoms with Crippen molar-refractivity contribution in [1.82, 2.24) is 9.97 Å². The van der Waals surface area contributed by atoms with Gasteiger partial charge >= 0.3 is 0 Å². The van der Waals surface area contributed by atoms with Gasteiger partial charge in [-0.15, -0.1) is 0 Å². The van der Waals surface area contributed by atoms with Crippen LogP contribution in [0.3, 0.4) is 0 Å². The third-order valence-corrected chi connectivity index (χ3v) is 6.01. The molecule has 0 saturated carbocycles. The van der Waals surface area contributed by atoms with Crippen molar-refractivity contribution in [1.29, 1.82) is 0 Å². The molecule has 8 nitrogen and oxygen atoms in total. The van der Waals surface area contributed by atoms with Gasteiger partial charge in [-0.1, -0.05) is 12.1 Å². The molecule has 1 aromatic carbocycles. The molecule has 0 amide bonds. The van der Waals surface area contributed by atoms with Gasteiger partial charge in [0.25, 0.3) is 0 Å². The van der Waals surface area contributed by atoms with Gasteiger partial charge in [0.15, 0.2) is 5.78 Å². The lowest BCUT2D eigenvalue weighted by Gasteiger charge is -2.35. The quantitative estimate of drug-likeness (QED) is 0.800. The van der Waals surface area contributed by atoms with E-state index in [-0.39, 0.29) is 11.7 Å². The molecule has 2 aromatic rings. The van der Waals surface area contributed by atoms with E-state index in [1.165, 1.54) is 0 Å². The second-order valence-corrected chi connectivity index (χ2v) is 7.77. The number of nitrogens with one attached hydrogen (secondary N) is 1. The number of allylic oxidation sites excluding steroid dienone is 2. The minimum Gasteiger partial charge on any atom is -0.497 e. The number of anilines is 3. The molecule has 0 spiro atoms. The van der Waals surface area contributed by atoms with Crippen LogP contribution in [0.2, 0.25) is 0 Å². The first kappa shape index (κ1) is 18.9. The van der Waals surface area contributed by atoms with Crippen LogP contribution in [0.1, 0.15) is 36.3 Å². The molecule has 0 bridgehead atoms. The minimum absolute atomic E-state index is 0.159. The van der Waals surface area contributed by atoms with Gasteiger partial charge in [0.2, 0.25) is 5.95 Å². The molecule has 3 aliphatic rings. The van der Waals surface area contributed by atoms with Gasteiger partial charge < -0.3 is 25.4 Å². The van der Waals surface area contributed by atoms with Gasteiger partial charge in [-0.25, -0.2) is 0 Å². The van der Waals surface area contributed by atoms with Gasteiger partial charge in [0, 0.05) is 42.3 Å². The van der Waals surface area contributed by atoms with E-state index >= 15 is 0 Å². The largest absolute Gasteiger partial charge is 0.497 e. The van der Waals surface area contributed by atoms with E-state index in [4.69, 9.17) is 20.2 Å². The number of ketones is 1. The lowest BCUT2D eigenvalue weighted by molar-refractivity contribution is -0.116. The van der Waals surface area contributed by atoms with E-state index in [1.54, 1.807) is 7.11 Å². The summed E-state index contributed by atoms with van der Waals surface area (Å²) in [5, 5.41) is 3.42. The summed E-state index contributed by atoms with van der Waals surface area (Å²) in [5.41, 5.74) is 9.98. The number of nitrogens with zero attached hydrogens (tertiary/aromatic N) is 3. The molecule has 3 heterocycles. The van der Waals surface area contributed by atoms with Crippen LogP contribution in [0.4, 0.5) is 17.6 Å². The maximum atomic E-state index is 12.9. The average molecular weight is 407 g/mol. The van der Waals surface area contributed by atoms with E-state index in [1.807, 2.05) is 24.3 Å². The molecule has 5 rings (SSSR count). The first-order valence-corrected chi connectivity index (χ1v) is 10.3. The fraction of sp³-hybridized carbons (Fsp3) is 0.409.